The van der Waals surface area contributed by atoms with Gasteiger partial charge in [0.2, 0.25) is 0 Å². The average Bonchev–Trinajstić information content (AvgIpc) is 3.89. The monoisotopic (exact) mass is 897 g/mol. The van der Waals surface area contributed by atoms with Crippen LogP contribution in [0.1, 0.15) is 33.4 Å². The molecule has 0 bridgehead atoms. The highest BCUT2D eigenvalue weighted by molar-refractivity contribution is 6.11. The van der Waals surface area contributed by atoms with Crippen LogP contribution in [-0.2, 0) is 0 Å². The number of nitriles is 2. The molecular weight excluding hydrogens is 855 g/mol. The van der Waals surface area contributed by atoms with Gasteiger partial charge in [0.05, 0.1) is 45.3 Å². The SMILES string of the molecule is Cc1ccc2c(c1)c1cc(C)ccc1n2-c1ccc(-c2ccc(C#N)cc2)c(-c2nc(-c3ccccc3)nc(-c3cc(-n4c5ccc(C)cc5c5cc(C)ccc54)ccc3-c3ccc(C#N)cc3)n2)c1. The number of nitrogens with zero attached hydrogens (tertiary/aromatic N) is 7. The van der Waals surface area contributed by atoms with Gasteiger partial charge in [-0.05, 0) is 147 Å². The van der Waals surface area contributed by atoms with Crippen LogP contribution in [-0.4, -0.2) is 24.1 Å². The van der Waals surface area contributed by atoms with Crippen LogP contribution < -0.4 is 0 Å². The Morgan fingerprint density at radius 3 is 1.04 bits per heavy atom. The van der Waals surface area contributed by atoms with Gasteiger partial charge in [0.1, 0.15) is 0 Å². The second kappa shape index (κ2) is 16.7. The van der Waals surface area contributed by atoms with Crippen molar-refractivity contribution >= 4 is 43.6 Å². The van der Waals surface area contributed by atoms with Gasteiger partial charge < -0.3 is 9.13 Å². The molecule has 0 unspecified atom stereocenters. The minimum absolute atomic E-state index is 0.497. The van der Waals surface area contributed by atoms with E-state index in [4.69, 9.17) is 15.0 Å². The summed E-state index contributed by atoms with van der Waals surface area (Å²) in [6.45, 7) is 8.55. The van der Waals surface area contributed by atoms with Crippen LogP contribution in [0, 0.1) is 50.4 Å². The zero-order valence-corrected chi connectivity index (χ0v) is 39.0. The van der Waals surface area contributed by atoms with E-state index in [0.29, 0.717) is 28.6 Å². The van der Waals surface area contributed by atoms with Crippen LogP contribution in [0.3, 0.4) is 0 Å². The number of aryl methyl sites for hydroxylation is 4. The van der Waals surface area contributed by atoms with Crippen molar-refractivity contribution in [1.82, 2.24) is 24.1 Å². The molecular formula is C63H43N7. The van der Waals surface area contributed by atoms with Crippen molar-refractivity contribution in [3.8, 4) is 79.9 Å². The van der Waals surface area contributed by atoms with Crippen LogP contribution in [0.15, 0.2) is 188 Å². The van der Waals surface area contributed by atoms with Gasteiger partial charge in [-0.2, -0.15) is 10.5 Å². The van der Waals surface area contributed by atoms with Crippen molar-refractivity contribution < 1.29 is 0 Å². The van der Waals surface area contributed by atoms with Gasteiger partial charge in [0.15, 0.2) is 17.5 Å². The predicted molar refractivity (Wildman–Crippen MR) is 284 cm³/mol. The molecule has 12 aromatic rings. The number of hydrogen-bond donors (Lipinski definition) is 0. The van der Waals surface area contributed by atoms with Gasteiger partial charge in [-0.1, -0.05) is 113 Å². The second-order valence-electron chi connectivity index (χ2n) is 18.3. The molecule has 0 amide bonds. The van der Waals surface area contributed by atoms with E-state index in [0.717, 1.165) is 72.4 Å². The van der Waals surface area contributed by atoms with E-state index in [1.165, 1.54) is 43.8 Å². The fourth-order valence-corrected chi connectivity index (χ4v) is 10.1. The van der Waals surface area contributed by atoms with E-state index in [1.807, 2.05) is 78.9 Å². The van der Waals surface area contributed by atoms with Crippen molar-refractivity contribution in [3.05, 3.63) is 221 Å². The van der Waals surface area contributed by atoms with E-state index in [2.05, 4.69) is 158 Å². The summed E-state index contributed by atoms with van der Waals surface area (Å²) < 4.78 is 4.66. The van der Waals surface area contributed by atoms with Gasteiger partial charge in [-0.25, -0.2) is 15.0 Å². The molecule has 0 saturated carbocycles. The standard InChI is InChI=1S/C63H43N7/c1-38-10-26-57-51(30-38)52-31-39(2)11-27-58(52)69(57)47-22-24-49(44-18-14-42(36-64)15-19-44)55(34-47)62-66-61(46-8-6-5-7-9-46)67-63(68-62)56-35-48(23-25-50(56)45-20-16-43(37-65)17-21-45)70-59-28-12-40(3)32-53(59)54-33-41(4)13-29-60(54)70/h5-35H,1-4H3. The van der Waals surface area contributed by atoms with E-state index in [-0.39, 0.29) is 0 Å². The Kier molecular flexibility index (Phi) is 10.0. The Morgan fingerprint density at radius 2 is 0.686 bits per heavy atom. The van der Waals surface area contributed by atoms with Crippen LogP contribution in [0.5, 0.6) is 0 Å². The summed E-state index contributed by atoms with van der Waals surface area (Å²) in [6, 6.07) is 69.6. The van der Waals surface area contributed by atoms with E-state index in [9.17, 15) is 10.5 Å². The lowest BCUT2D eigenvalue weighted by Gasteiger charge is -2.17. The normalized spacial score (nSPS) is 11.4. The molecule has 9 aromatic carbocycles. The third-order valence-corrected chi connectivity index (χ3v) is 13.5. The van der Waals surface area contributed by atoms with Crippen LogP contribution in [0.25, 0.3) is 111 Å². The highest BCUT2D eigenvalue weighted by Crippen LogP contribution is 2.41. The van der Waals surface area contributed by atoms with Gasteiger partial charge in [0, 0.05) is 49.6 Å². The predicted octanol–water partition coefficient (Wildman–Crippen LogP) is 15.4. The Bertz CT molecular complexity index is 3800. The Hall–Kier alpha value is -9.43. The maximum atomic E-state index is 9.80. The molecule has 0 radical (unpaired) electrons. The summed E-state index contributed by atoms with van der Waals surface area (Å²) in [5.41, 5.74) is 18.4. The van der Waals surface area contributed by atoms with Crippen molar-refractivity contribution in [2.45, 2.75) is 27.7 Å². The van der Waals surface area contributed by atoms with Crippen molar-refractivity contribution in [3.63, 3.8) is 0 Å². The molecule has 330 valence electrons. The molecule has 0 spiro atoms. The largest absolute Gasteiger partial charge is 0.309 e. The average molecular weight is 898 g/mol. The summed E-state index contributed by atoms with van der Waals surface area (Å²) >= 11 is 0. The Labute approximate surface area is 405 Å². The molecule has 70 heavy (non-hydrogen) atoms. The Balaban J connectivity index is 1.15. The van der Waals surface area contributed by atoms with Crippen molar-refractivity contribution in [2.24, 2.45) is 0 Å². The highest BCUT2D eigenvalue weighted by atomic mass is 15.0. The first-order chi connectivity index (χ1) is 34.2. The van der Waals surface area contributed by atoms with E-state index in [1.54, 1.807) is 0 Å². The number of hydrogen-bond acceptors (Lipinski definition) is 5. The smallest absolute Gasteiger partial charge is 0.164 e. The zero-order chi connectivity index (χ0) is 47.6. The minimum atomic E-state index is 0.497. The summed E-state index contributed by atoms with van der Waals surface area (Å²) in [6.07, 6.45) is 0. The molecule has 0 aliphatic heterocycles. The maximum absolute atomic E-state index is 9.80. The molecule has 7 heteroatoms. The minimum Gasteiger partial charge on any atom is -0.309 e. The Morgan fingerprint density at radius 1 is 0.329 bits per heavy atom. The summed E-state index contributed by atoms with van der Waals surface area (Å²) in [5, 5.41) is 24.4. The quantitative estimate of drug-likeness (QED) is 0.159. The molecule has 0 aliphatic carbocycles. The lowest BCUT2D eigenvalue weighted by Crippen LogP contribution is -2.04. The van der Waals surface area contributed by atoms with Crippen molar-refractivity contribution in [1.29, 1.82) is 10.5 Å². The molecule has 7 nitrogen and oxygen atoms in total. The molecule has 3 aromatic heterocycles. The molecule has 0 N–H and O–H groups in total. The molecule has 0 aliphatic rings. The number of aromatic nitrogens is 5. The van der Waals surface area contributed by atoms with E-state index < -0.39 is 0 Å². The summed E-state index contributed by atoms with van der Waals surface area (Å²) in [5.74, 6) is 1.52. The summed E-state index contributed by atoms with van der Waals surface area (Å²) in [4.78, 5) is 16.3. The summed E-state index contributed by atoms with van der Waals surface area (Å²) in [7, 11) is 0. The fraction of sp³-hybridized carbons (Fsp3) is 0.0635. The van der Waals surface area contributed by atoms with Gasteiger partial charge >= 0.3 is 0 Å². The third-order valence-electron chi connectivity index (χ3n) is 13.5. The lowest BCUT2D eigenvalue weighted by atomic mass is 9.96. The van der Waals surface area contributed by atoms with Gasteiger partial charge in [0.25, 0.3) is 0 Å². The maximum Gasteiger partial charge on any atom is 0.164 e. The molecule has 0 fully saturated rings. The first kappa shape index (κ1) is 42.0. The zero-order valence-electron chi connectivity index (χ0n) is 39.0. The molecule has 3 heterocycles. The topological polar surface area (TPSA) is 96.1 Å². The number of benzene rings is 9. The third kappa shape index (κ3) is 7.17. The van der Waals surface area contributed by atoms with Crippen LogP contribution >= 0.6 is 0 Å². The van der Waals surface area contributed by atoms with Crippen molar-refractivity contribution in [2.75, 3.05) is 0 Å². The first-order valence-corrected chi connectivity index (χ1v) is 23.4. The lowest BCUT2D eigenvalue weighted by molar-refractivity contribution is 1.07. The first-order valence-electron chi connectivity index (χ1n) is 23.4. The number of fused-ring (bicyclic) bond motifs is 6. The van der Waals surface area contributed by atoms with Crippen LogP contribution in [0.2, 0.25) is 0 Å². The van der Waals surface area contributed by atoms with Gasteiger partial charge in [-0.15, -0.1) is 0 Å². The van der Waals surface area contributed by atoms with Crippen LogP contribution in [0.4, 0.5) is 0 Å². The van der Waals surface area contributed by atoms with E-state index >= 15 is 0 Å². The van der Waals surface area contributed by atoms with Gasteiger partial charge in [-0.3, -0.25) is 0 Å². The highest BCUT2D eigenvalue weighted by Gasteiger charge is 2.22. The molecule has 0 atom stereocenters. The molecule has 0 saturated heterocycles. The number of rotatable bonds is 7. The second-order valence-corrected chi connectivity index (χ2v) is 18.3. The fourth-order valence-electron chi connectivity index (χ4n) is 10.1. The molecule has 12 rings (SSSR count).